The van der Waals surface area contributed by atoms with E-state index < -0.39 is 0 Å². The molecule has 0 aliphatic heterocycles. The third-order valence-corrected chi connectivity index (χ3v) is 1.30. The van der Waals surface area contributed by atoms with E-state index in [4.69, 9.17) is 0 Å². The van der Waals surface area contributed by atoms with Crippen molar-refractivity contribution >= 4 is 0 Å². The maximum Gasteiger partial charge on any atom is 0.00886 e. The van der Waals surface area contributed by atoms with E-state index in [9.17, 15) is 0 Å². The van der Waals surface area contributed by atoms with Gasteiger partial charge < -0.3 is 0 Å². The van der Waals surface area contributed by atoms with Crippen LogP contribution in [0.25, 0.3) is 0 Å². The van der Waals surface area contributed by atoms with Crippen LogP contribution in [0.3, 0.4) is 0 Å². The van der Waals surface area contributed by atoms with Crippen LogP contribution in [0.5, 0.6) is 0 Å². The molecule has 0 unspecified atom stereocenters. The molecule has 0 N–H and O–H groups in total. The molecule has 0 rings (SSSR count). The van der Waals surface area contributed by atoms with Crippen LogP contribution < -0.4 is 0 Å². The molecule has 0 amide bonds. The van der Waals surface area contributed by atoms with Crippen LogP contribution in [0.4, 0.5) is 0 Å². The van der Waals surface area contributed by atoms with Crippen molar-refractivity contribution < 1.29 is 0 Å². The zero-order valence-electron chi connectivity index (χ0n) is 6.95. The molecule has 0 saturated carbocycles. The van der Waals surface area contributed by atoms with Crippen molar-refractivity contribution in [1.82, 2.24) is 0 Å². The van der Waals surface area contributed by atoms with Crippen molar-refractivity contribution in [3.63, 3.8) is 0 Å². The van der Waals surface area contributed by atoms with Crippen LogP contribution >= 0.6 is 0 Å². The summed E-state index contributed by atoms with van der Waals surface area (Å²) in [6.07, 6.45) is 6.80. The van der Waals surface area contributed by atoms with Crippen LogP contribution in [0.2, 0.25) is 0 Å². The Hall–Kier alpha value is -0.440. The fourth-order valence-electron chi connectivity index (χ4n) is 0.692. The van der Waals surface area contributed by atoms with Gasteiger partial charge in [0, 0.05) is 12.8 Å². The summed E-state index contributed by atoms with van der Waals surface area (Å²) in [7, 11) is 0. The minimum absolute atomic E-state index is 1.05. The van der Waals surface area contributed by atoms with Crippen molar-refractivity contribution in [3.8, 4) is 11.8 Å². The Balaban J connectivity index is 2.96. The lowest BCUT2D eigenvalue weighted by molar-refractivity contribution is 0.769. The topological polar surface area (TPSA) is 0 Å². The second kappa shape index (κ2) is 8.56. The van der Waals surface area contributed by atoms with E-state index in [2.05, 4.69) is 25.7 Å². The molecule has 0 aliphatic carbocycles. The van der Waals surface area contributed by atoms with Crippen molar-refractivity contribution in [2.24, 2.45) is 0 Å². The van der Waals surface area contributed by atoms with Gasteiger partial charge in [-0.15, -0.1) is 11.8 Å². The Morgan fingerprint density at radius 3 is 2.40 bits per heavy atom. The van der Waals surface area contributed by atoms with Crippen LogP contribution in [0.15, 0.2) is 0 Å². The van der Waals surface area contributed by atoms with Gasteiger partial charge in [-0.2, -0.15) is 0 Å². The summed E-state index contributed by atoms with van der Waals surface area (Å²) in [4.78, 5) is 0. The van der Waals surface area contributed by atoms with Gasteiger partial charge in [0.1, 0.15) is 0 Å². The summed E-state index contributed by atoms with van der Waals surface area (Å²) in [6, 6.07) is 0. The first-order valence-electron chi connectivity index (χ1n) is 4.16. The molecule has 0 bridgehead atoms. The van der Waals surface area contributed by atoms with Crippen LogP contribution in [-0.4, -0.2) is 0 Å². The summed E-state index contributed by atoms with van der Waals surface area (Å²) in [5, 5.41) is 0. The zero-order chi connectivity index (χ0) is 7.66. The van der Waals surface area contributed by atoms with Crippen LogP contribution in [-0.2, 0) is 0 Å². The summed E-state index contributed by atoms with van der Waals surface area (Å²) in [6.45, 7) is 5.93. The van der Waals surface area contributed by atoms with Gasteiger partial charge in [0.05, 0.1) is 0 Å². The largest absolute Gasteiger partial charge is 0.103 e. The van der Waals surface area contributed by atoms with Gasteiger partial charge in [0.25, 0.3) is 0 Å². The first kappa shape index (κ1) is 9.56. The molecule has 0 heterocycles. The van der Waals surface area contributed by atoms with Crippen molar-refractivity contribution in [2.45, 2.75) is 45.4 Å². The highest BCUT2D eigenvalue weighted by Gasteiger charge is 1.79. The highest BCUT2D eigenvalue weighted by atomic mass is 13.8. The minimum Gasteiger partial charge on any atom is -0.103 e. The summed E-state index contributed by atoms with van der Waals surface area (Å²) < 4.78 is 0. The predicted octanol–water partition coefficient (Wildman–Crippen LogP) is 3.18. The molecule has 1 radical (unpaired) electrons. The zero-order valence-corrected chi connectivity index (χ0v) is 6.95. The second-order valence-corrected chi connectivity index (χ2v) is 2.41. The maximum atomic E-state index is 3.77. The number of hydrogen-bond donors (Lipinski definition) is 0. The molecule has 0 aromatic heterocycles. The standard InChI is InChI=1S/C10H17/c1-3-5-7-9-10-8-6-4-2/h1,3-7,9H2,2H3. The summed E-state index contributed by atoms with van der Waals surface area (Å²) >= 11 is 0. The second-order valence-electron chi connectivity index (χ2n) is 2.41. The highest BCUT2D eigenvalue weighted by molar-refractivity contribution is 4.98. The van der Waals surface area contributed by atoms with Gasteiger partial charge in [-0.1, -0.05) is 26.7 Å². The highest BCUT2D eigenvalue weighted by Crippen LogP contribution is 1.96. The fourth-order valence-corrected chi connectivity index (χ4v) is 0.692. The summed E-state index contributed by atoms with van der Waals surface area (Å²) in [5.41, 5.74) is 0. The van der Waals surface area contributed by atoms with Gasteiger partial charge in [-0.25, -0.2) is 0 Å². The lowest BCUT2D eigenvalue weighted by Gasteiger charge is -1.87. The third kappa shape index (κ3) is 7.56. The molecule has 0 heteroatoms. The van der Waals surface area contributed by atoms with Crippen LogP contribution in [0.1, 0.15) is 45.4 Å². The number of hydrogen-bond acceptors (Lipinski definition) is 0. The molecule has 0 nitrogen and oxygen atoms in total. The van der Waals surface area contributed by atoms with Gasteiger partial charge in [0.2, 0.25) is 0 Å². The van der Waals surface area contributed by atoms with E-state index in [0.717, 1.165) is 19.3 Å². The molecule has 0 aromatic rings. The van der Waals surface area contributed by atoms with Gasteiger partial charge in [-0.3, -0.25) is 0 Å². The molecule has 0 aromatic carbocycles. The fraction of sp³-hybridized carbons (Fsp3) is 0.700. The molecule has 0 fully saturated rings. The first-order valence-corrected chi connectivity index (χ1v) is 4.16. The van der Waals surface area contributed by atoms with Gasteiger partial charge in [0.15, 0.2) is 0 Å². The normalized spacial score (nSPS) is 8.60. The van der Waals surface area contributed by atoms with Crippen molar-refractivity contribution in [2.75, 3.05) is 0 Å². The maximum absolute atomic E-state index is 3.77. The predicted molar refractivity (Wildman–Crippen MR) is 46.5 cm³/mol. The Kier molecular flexibility index (Phi) is 8.18. The molecular weight excluding hydrogens is 120 g/mol. The first-order chi connectivity index (χ1) is 4.91. The van der Waals surface area contributed by atoms with E-state index in [1.54, 1.807) is 0 Å². The van der Waals surface area contributed by atoms with E-state index in [0.29, 0.717) is 0 Å². The minimum atomic E-state index is 1.05. The molecule has 0 spiro atoms. The molecule has 0 atom stereocenters. The molecular formula is C10H17. The molecule has 0 saturated heterocycles. The smallest absolute Gasteiger partial charge is 0.00886 e. The van der Waals surface area contributed by atoms with Gasteiger partial charge in [-0.05, 0) is 12.8 Å². The SMILES string of the molecule is [CH2]CCCCC#CCCC. The number of unbranched alkanes of at least 4 members (excludes halogenated alkanes) is 4. The van der Waals surface area contributed by atoms with Crippen LogP contribution in [0, 0.1) is 18.8 Å². The third-order valence-electron chi connectivity index (χ3n) is 1.30. The van der Waals surface area contributed by atoms with E-state index >= 15 is 0 Å². The van der Waals surface area contributed by atoms with Gasteiger partial charge >= 0.3 is 0 Å². The quantitative estimate of drug-likeness (QED) is 0.412. The molecule has 0 aliphatic rings. The van der Waals surface area contributed by atoms with Crippen molar-refractivity contribution in [3.05, 3.63) is 6.92 Å². The lowest BCUT2D eigenvalue weighted by atomic mass is 10.2. The lowest BCUT2D eigenvalue weighted by Crippen LogP contribution is -1.71. The number of rotatable bonds is 4. The Morgan fingerprint density at radius 1 is 1.10 bits per heavy atom. The molecule has 57 valence electrons. The Labute approximate surface area is 65.0 Å². The Bertz CT molecular complexity index is 103. The monoisotopic (exact) mass is 137 g/mol. The van der Waals surface area contributed by atoms with E-state index in [1.165, 1.54) is 19.3 Å². The van der Waals surface area contributed by atoms with Crippen molar-refractivity contribution in [1.29, 1.82) is 0 Å². The average Bonchev–Trinajstić information content (AvgIpc) is 1.97. The van der Waals surface area contributed by atoms with E-state index in [1.807, 2.05) is 0 Å². The molecule has 10 heavy (non-hydrogen) atoms. The average molecular weight is 137 g/mol. The summed E-state index contributed by atoms with van der Waals surface area (Å²) in [5.74, 6) is 6.27. The Morgan fingerprint density at radius 2 is 1.80 bits per heavy atom. The van der Waals surface area contributed by atoms with E-state index in [-0.39, 0.29) is 0 Å².